The van der Waals surface area contributed by atoms with E-state index in [9.17, 15) is 5.11 Å². The molecule has 82 valence electrons. The minimum atomic E-state index is -0.175. The Balaban J connectivity index is 1.68. The second-order valence-electron chi connectivity index (χ2n) is 5.00. The lowest BCUT2D eigenvalue weighted by atomic mass is 9.81. The van der Waals surface area contributed by atoms with Gasteiger partial charge in [0.15, 0.2) is 0 Å². The second kappa shape index (κ2) is 3.91. The first-order chi connectivity index (χ1) is 7.33. The molecule has 1 heterocycles. The van der Waals surface area contributed by atoms with E-state index in [0.717, 1.165) is 12.3 Å². The van der Waals surface area contributed by atoms with Crippen molar-refractivity contribution in [1.82, 2.24) is 0 Å². The van der Waals surface area contributed by atoms with Gasteiger partial charge in [-0.25, -0.2) is 0 Å². The lowest BCUT2D eigenvalue weighted by Crippen LogP contribution is -2.14. The Bertz CT molecular complexity index is 330. The van der Waals surface area contributed by atoms with Crippen molar-refractivity contribution >= 4 is 11.3 Å². The number of hydrogen-bond acceptors (Lipinski definition) is 2. The van der Waals surface area contributed by atoms with Gasteiger partial charge in [-0.1, -0.05) is 19.3 Å². The molecule has 0 saturated heterocycles. The standard InChI is InChI=1S/C13H18OS/c14-11(7-9-3-1-4-9)13-8-10-5-2-6-12(10)15-13/h8-9,11,14H,1-7H2. The summed E-state index contributed by atoms with van der Waals surface area (Å²) in [4.78, 5) is 2.77. The van der Waals surface area contributed by atoms with Crippen molar-refractivity contribution in [2.75, 3.05) is 0 Å². The maximum Gasteiger partial charge on any atom is 0.0884 e. The summed E-state index contributed by atoms with van der Waals surface area (Å²) in [5.41, 5.74) is 1.52. The van der Waals surface area contributed by atoms with E-state index in [4.69, 9.17) is 0 Å². The highest BCUT2D eigenvalue weighted by Gasteiger charge is 2.24. The van der Waals surface area contributed by atoms with Gasteiger partial charge < -0.3 is 5.11 Å². The molecule has 1 N–H and O–H groups in total. The van der Waals surface area contributed by atoms with E-state index in [2.05, 4.69) is 6.07 Å². The van der Waals surface area contributed by atoms with Gasteiger partial charge in [-0.2, -0.15) is 0 Å². The van der Waals surface area contributed by atoms with E-state index >= 15 is 0 Å². The smallest absolute Gasteiger partial charge is 0.0884 e. The van der Waals surface area contributed by atoms with Gasteiger partial charge in [0.2, 0.25) is 0 Å². The predicted molar refractivity (Wildman–Crippen MR) is 63.3 cm³/mol. The highest BCUT2D eigenvalue weighted by molar-refractivity contribution is 7.12. The first kappa shape index (κ1) is 9.86. The van der Waals surface area contributed by atoms with E-state index in [1.807, 2.05) is 11.3 Å². The van der Waals surface area contributed by atoms with Crippen LogP contribution in [-0.4, -0.2) is 5.11 Å². The number of fused-ring (bicyclic) bond motifs is 1. The van der Waals surface area contributed by atoms with E-state index in [1.165, 1.54) is 53.8 Å². The summed E-state index contributed by atoms with van der Waals surface area (Å²) in [5.74, 6) is 0.803. The Morgan fingerprint density at radius 2 is 2.20 bits per heavy atom. The van der Waals surface area contributed by atoms with Gasteiger partial charge in [0.1, 0.15) is 0 Å². The SMILES string of the molecule is OC(CC1CCC1)c1cc2c(s1)CCC2. The van der Waals surface area contributed by atoms with Crippen molar-refractivity contribution in [3.63, 3.8) is 0 Å². The number of rotatable bonds is 3. The summed E-state index contributed by atoms with van der Waals surface area (Å²) < 4.78 is 0. The Labute approximate surface area is 95.1 Å². The van der Waals surface area contributed by atoms with Crippen molar-refractivity contribution in [2.45, 2.75) is 51.0 Å². The van der Waals surface area contributed by atoms with Crippen molar-refractivity contribution in [1.29, 1.82) is 0 Å². The van der Waals surface area contributed by atoms with Crippen LogP contribution in [0.25, 0.3) is 0 Å². The topological polar surface area (TPSA) is 20.2 Å². The quantitative estimate of drug-likeness (QED) is 0.830. The molecule has 0 amide bonds. The molecule has 3 rings (SSSR count). The van der Waals surface area contributed by atoms with E-state index in [0.29, 0.717) is 0 Å². The van der Waals surface area contributed by atoms with E-state index in [1.54, 1.807) is 0 Å². The van der Waals surface area contributed by atoms with Crippen molar-refractivity contribution in [3.05, 3.63) is 21.4 Å². The normalized spacial score (nSPS) is 22.5. The molecule has 0 aromatic carbocycles. The van der Waals surface area contributed by atoms with Crippen LogP contribution >= 0.6 is 11.3 Å². The fraction of sp³-hybridized carbons (Fsp3) is 0.692. The molecule has 2 aliphatic carbocycles. The highest BCUT2D eigenvalue weighted by Crippen LogP contribution is 2.39. The average Bonchev–Trinajstić information content (AvgIpc) is 2.69. The summed E-state index contributed by atoms with van der Waals surface area (Å²) >= 11 is 1.86. The molecular weight excluding hydrogens is 204 g/mol. The monoisotopic (exact) mass is 222 g/mol. The molecule has 1 fully saturated rings. The Hall–Kier alpha value is -0.340. The summed E-state index contributed by atoms with van der Waals surface area (Å²) in [6.45, 7) is 0. The fourth-order valence-corrected chi connectivity index (χ4v) is 3.93. The van der Waals surface area contributed by atoms with Crippen LogP contribution in [0.1, 0.15) is 53.5 Å². The minimum absolute atomic E-state index is 0.175. The Morgan fingerprint density at radius 3 is 2.87 bits per heavy atom. The van der Waals surface area contributed by atoms with Crippen LogP contribution in [-0.2, 0) is 12.8 Å². The summed E-state index contributed by atoms with van der Waals surface area (Å²) in [6.07, 6.45) is 8.67. The highest BCUT2D eigenvalue weighted by atomic mass is 32.1. The zero-order chi connectivity index (χ0) is 10.3. The van der Waals surface area contributed by atoms with Gasteiger partial charge in [-0.15, -0.1) is 11.3 Å². The molecular formula is C13H18OS. The maximum absolute atomic E-state index is 10.1. The molecule has 15 heavy (non-hydrogen) atoms. The van der Waals surface area contributed by atoms with Crippen LogP contribution in [0, 0.1) is 5.92 Å². The lowest BCUT2D eigenvalue weighted by molar-refractivity contribution is 0.121. The molecule has 0 spiro atoms. The van der Waals surface area contributed by atoms with Crippen molar-refractivity contribution in [2.24, 2.45) is 5.92 Å². The molecule has 1 unspecified atom stereocenters. The number of aryl methyl sites for hydroxylation is 2. The first-order valence-corrected chi connectivity index (χ1v) is 6.94. The summed E-state index contributed by atoms with van der Waals surface area (Å²) in [6, 6.07) is 2.26. The minimum Gasteiger partial charge on any atom is -0.388 e. The molecule has 1 atom stereocenters. The van der Waals surface area contributed by atoms with Crippen LogP contribution in [0.2, 0.25) is 0 Å². The molecule has 0 radical (unpaired) electrons. The third kappa shape index (κ3) is 1.85. The Kier molecular flexibility index (Phi) is 2.57. The van der Waals surface area contributed by atoms with Crippen molar-refractivity contribution < 1.29 is 5.11 Å². The van der Waals surface area contributed by atoms with E-state index in [-0.39, 0.29) is 6.10 Å². The number of aliphatic hydroxyl groups is 1. The summed E-state index contributed by atoms with van der Waals surface area (Å²) in [5, 5.41) is 10.1. The third-order valence-electron chi connectivity index (χ3n) is 3.88. The van der Waals surface area contributed by atoms with Crippen LogP contribution in [0.15, 0.2) is 6.07 Å². The van der Waals surface area contributed by atoms with E-state index < -0.39 is 0 Å². The number of aliphatic hydroxyl groups excluding tert-OH is 1. The molecule has 2 heteroatoms. The zero-order valence-corrected chi connectivity index (χ0v) is 9.85. The van der Waals surface area contributed by atoms with Gasteiger partial charge >= 0.3 is 0 Å². The second-order valence-corrected chi connectivity index (χ2v) is 6.17. The van der Waals surface area contributed by atoms with Gasteiger partial charge in [0.25, 0.3) is 0 Å². The van der Waals surface area contributed by atoms with Crippen LogP contribution in [0.4, 0.5) is 0 Å². The number of hydrogen-bond donors (Lipinski definition) is 1. The maximum atomic E-state index is 10.1. The first-order valence-electron chi connectivity index (χ1n) is 6.12. The predicted octanol–water partition coefficient (Wildman–Crippen LogP) is 3.46. The molecule has 0 bridgehead atoms. The third-order valence-corrected chi connectivity index (χ3v) is 5.21. The zero-order valence-electron chi connectivity index (χ0n) is 9.04. The van der Waals surface area contributed by atoms with Crippen LogP contribution in [0.3, 0.4) is 0 Å². The number of thiophene rings is 1. The molecule has 1 aromatic heterocycles. The van der Waals surface area contributed by atoms with Gasteiger partial charge in [-0.3, -0.25) is 0 Å². The molecule has 0 aliphatic heterocycles. The van der Waals surface area contributed by atoms with Gasteiger partial charge in [-0.05, 0) is 43.2 Å². The fourth-order valence-electron chi connectivity index (χ4n) is 2.68. The molecule has 1 nitrogen and oxygen atoms in total. The molecule has 1 saturated carbocycles. The largest absolute Gasteiger partial charge is 0.388 e. The summed E-state index contributed by atoms with van der Waals surface area (Å²) in [7, 11) is 0. The Morgan fingerprint density at radius 1 is 1.33 bits per heavy atom. The lowest BCUT2D eigenvalue weighted by Gasteiger charge is -2.27. The van der Waals surface area contributed by atoms with Crippen molar-refractivity contribution in [3.8, 4) is 0 Å². The average molecular weight is 222 g/mol. The van der Waals surface area contributed by atoms with Gasteiger partial charge in [0, 0.05) is 9.75 Å². The molecule has 1 aromatic rings. The van der Waals surface area contributed by atoms with Crippen LogP contribution in [0.5, 0.6) is 0 Å². The van der Waals surface area contributed by atoms with Crippen LogP contribution < -0.4 is 0 Å². The molecule has 2 aliphatic rings. The van der Waals surface area contributed by atoms with Gasteiger partial charge in [0.05, 0.1) is 6.10 Å².